The quantitative estimate of drug-likeness (QED) is 0.479. The van der Waals surface area contributed by atoms with Crippen LogP contribution in [-0.4, -0.2) is 60.7 Å². The first-order chi connectivity index (χ1) is 14.1. The number of methoxy groups -OCH3 is 1. The number of nitrogens with zero attached hydrogens (tertiary/aromatic N) is 1. The molecule has 166 valence electrons. The number of esters is 2. The van der Waals surface area contributed by atoms with Gasteiger partial charge in [-0.15, -0.1) is 0 Å². The van der Waals surface area contributed by atoms with Crippen LogP contribution >= 0.6 is 0 Å². The number of hydrogen-bond donors (Lipinski definition) is 1. The summed E-state index contributed by atoms with van der Waals surface area (Å²) in [6.45, 7) is 6.59. The van der Waals surface area contributed by atoms with Gasteiger partial charge in [-0.2, -0.15) is 0 Å². The van der Waals surface area contributed by atoms with Crippen LogP contribution in [0.15, 0.2) is 30.3 Å². The highest BCUT2D eigenvalue weighted by Gasteiger charge is 2.31. The second-order valence-electron chi connectivity index (χ2n) is 7.46. The van der Waals surface area contributed by atoms with Crippen LogP contribution in [0.3, 0.4) is 0 Å². The van der Waals surface area contributed by atoms with E-state index in [1.165, 1.54) is 12.0 Å². The van der Waals surface area contributed by atoms with Gasteiger partial charge in [-0.05, 0) is 33.3 Å². The minimum absolute atomic E-state index is 0.0894. The third-order valence-electron chi connectivity index (χ3n) is 3.74. The smallest absolute Gasteiger partial charge is 0.408 e. The molecule has 1 aromatic carbocycles. The standard InChI is InChI=1S/C21H30N2O7/c1-6-29-18(25)14-23(13-15-10-8-7-9-11-15)19(26)16(12-17(24)28-5)22-20(27)30-21(2,3)4/h7-11,16H,6,12-14H2,1-5H3,(H,22,27)/t16-/m1/s1. The number of carbonyl (C=O) groups is 4. The molecule has 0 saturated heterocycles. The summed E-state index contributed by atoms with van der Waals surface area (Å²) in [4.78, 5) is 50.5. The van der Waals surface area contributed by atoms with E-state index in [-0.39, 0.29) is 19.7 Å². The van der Waals surface area contributed by atoms with Crippen LogP contribution < -0.4 is 5.32 Å². The molecule has 2 amide bonds. The Morgan fingerprint density at radius 1 is 1.07 bits per heavy atom. The number of rotatable bonds is 9. The van der Waals surface area contributed by atoms with Crippen LogP contribution in [0.2, 0.25) is 0 Å². The number of ether oxygens (including phenoxy) is 3. The summed E-state index contributed by atoms with van der Waals surface area (Å²) < 4.78 is 14.8. The molecular formula is C21H30N2O7. The van der Waals surface area contributed by atoms with E-state index < -0.39 is 42.0 Å². The Balaban J connectivity index is 3.09. The fraction of sp³-hybridized carbons (Fsp3) is 0.524. The summed E-state index contributed by atoms with van der Waals surface area (Å²) in [5.41, 5.74) is -0.0262. The summed E-state index contributed by atoms with van der Waals surface area (Å²) in [7, 11) is 1.18. The molecule has 9 nitrogen and oxygen atoms in total. The van der Waals surface area contributed by atoms with E-state index in [0.717, 1.165) is 5.56 Å². The van der Waals surface area contributed by atoms with Crippen molar-refractivity contribution in [3.05, 3.63) is 35.9 Å². The zero-order valence-electron chi connectivity index (χ0n) is 18.1. The predicted molar refractivity (Wildman–Crippen MR) is 108 cm³/mol. The van der Waals surface area contributed by atoms with Gasteiger partial charge in [-0.25, -0.2) is 4.79 Å². The lowest BCUT2D eigenvalue weighted by atomic mass is 10.1. The van der Waals surface area contributed by atoms with Gasteiger partial charge in [0.05, 0.1) is 20.1 Å². The number of nitrogens with one attached hydrogen (secondary N) is 1. The number of benzene rings is 1. The molecule has 0 saturated carbocycles. The van der Waals surface area contributed by atoms with Crippen molar-refractivity contribution in [2.24, 2.45) is 0 Å². The highest BCUT2D eigenvalue weighted by Crippen LogP contribution is 2.11. The van der Waals surface area contributed by atoms with Crippen LogP contribution in [-0.2, 0) is 35.1 Å². The Labute approximate surface area is 176 Å². The summed E-state index contributed by atoms with van der Waals surface area (Å²) in [5.74, 6) is -1.93. The van der Waals surface area contributed by atoms with Crippen LogP contribution in [0.25, 0.3) is 0 Å². The van der Waals surface area contributed by atoms with Crippen LogP contribution in [0.1, 0.15) is 39.7 Å². The van der Waals surface area contributed by atoms with Crippen LogP contribution in [0, 0.1) is 0 Å². The third-order valence-corrected chi connectivity index (χ3v) is 3.74. The first-order valence-electron chi connectivity index (χ1n) is 9.60. The van der Waals surface area contributed by atoms with E-state index in [2.05, 4.69) is 10.1 Å². The molecule has 0 unspecified atom stereocenters. The maximum absolute atomic E-state index is 13.2. The second kappa shape index (κ2) is 11.8. The normalized spacial score (nSPS) is 11.8. The topological polar surface area (TPSA) is 111 Å². The minimum Gasteiger partial charge on any atom is -0.469 e. The number of amides is 2. The Bertz CT molecular complexity index is 729. The average Bonchev–Trinajstić information content (AvgIpc) is 2.65. The summed E-state index contributed by atoms with van der Waals surface area (Å²) in [5, 5.41) is 2.40. The lowest BCUT2D eigenvalue weighted by molar-refractivity contribution is -0.151. The van der Waals surface area contributed by atoms with E-state index in [0.29, 0.717) is 0 Å². The maximum atomic E-state index is 13.2. The molecule has 0 aliphatic carbocycles. The van der Waals surface area contributed by atoms with Gasteiger partial charge in [0.1, 0.15) is 18.2 Å². The number of carbonyl (C=O) groups excluding carboxylic acids is 4. The van der Waals surface area contributed by atoms with E-state index >= 15 is 0 Å². The molecule has 0 fully saturated rings. The van der Waals surface area contributed by atoms with Gasteiger partial charge in [0.2, 0.25) is 5.91 Å². The van der Waals surface area contributed by atoms with Crippen molar-refractivity contribution in [1.29, 1.82) is 0 Å². The molecule has 0 radical (unpaired) electrons. The van der Waals surface area contributed by atoms with Crippen molar-refractivity contribution in [1.82, 2.24) is 10.2 Å². The Kier molecular flexibility index (Phi) is 9.80. The van der Waals surface area contributed by atoms with Crippen molar-refractivity contribution in [2.45, 2.75) is 52.3 Å². The molecule has 0 spiro atoms. The van der Waals surface area contributed by atoms with Crippen molar-refractivity contribution in [2.75, 3.05) is 20.3 Å². The second-order valence-corrected chi connectivity index (χ2v) is 7.46. The van der Waals surface area contributed by atoms with E-state index in [1.807, 2.05) is 6.07 Å². The predicted octanol–water partition coefficient (Wildman–Crippen LogP) is 2.03. The van der Waals surface area contributed by atoms with Gasteiger partial charge in [0.25, 0.3) is 0 Å². The molecule has 0 aromatic heterocycles. The third kappa shape index (κ3) is 9.40. The molecule has 1 atom stereocenters. The first-order valence-corrected chi connectivity index (χ1v) is 9.60. The molecule has 9 heteroatoms. The molecule has 1 aromatic rings. The summed E-state index contributed by atoms with van der Waals surface area (Å²) in [6, 6.07) is 7.74. The van der Waals surface area contributed by atoms with E-state index in [9.17, 15) is 19.2 Å². The fourth-order valence-corrected chi connectivity index (χ4v) is 2.50. The fourth-order valence-electron chi connectivity index (χ4n) is 2.50. The van der Waals surface area contributed by atoms with Crippen LogP contribution in [0.4, 0.5) is 4.79 Å². The largest absolute Gasteiger partial charge is 0.469 e. The zero-order chi connectivity index (χ0) is 22.7. The number of hydrogen-bond acceptors (Lipinski definition) is 7. The lowest BCUT2D eigenvalue weighted by Gasteiger charge is -2.28. The molecule has 0 aliphatic heterocycles. The van der Waals surface area contributed by atoms with Crippen molar-refractivity contribution in [3.63, 3.8) is 0 Å². The van der Waals surface area contributed by atoms with Crippen molar-refractivity contribution < 1.29 is 33.4 Å². The lowest BCUT2D eigenvalue weighted by Crippen LogP contribution is -2.51. The molecule has 0 heterocycles. The molecule has 30 heavy (non-hydrogen) atoms. The van der Waals surface area contributed by atoms with Gasteiger partial charge in [0, 0.05) is 6.54 Å². The average molecular weight is 422 g/mol. The number of alkyl carbamates (subject to hydrolysis) is 1. The van der Waals surface area contributed by atoms with Gasteiger partial charge >= 0.3 is 18.0 Å². The molecular weight excluding hydrogens is 392 g/mol. The first kappa shape index (κ1) is 24.9. The van der Waals surface area contributed by atoms with Gasteiger partial charge in [-0.3, -0.25) is 14.4 Å². The van der Waals surface area contributed by atoms with E-state index in [1.54, 1.807) is 52.0 Å². The maximum Gasteiger partial charge on any atom is 0.408 e. The molecule has 0 aliphatic rings. The Morgan fingerprint density at radius 2 is 1.70 bits per heavy atom. The highest BCUT2D eigenvalue weighted by atomic mass is 16.6. The molecule has 1 N–H and O–H groups in total. The van der Waals surface area contributed by atoms with E-state index in [4.69, 9.17) is 9.47 Å². The summed E-state index contributed by atoms with van der Waals surface area (Å²) >= 11 is 0. The minimum atomic E-state index is -1.27. The monoisotopic (exact) mass is 422 g/mol. The van der Waals surface area contributed by atoms with Crippen molar-refractivity contribution >= 4 is 23.9 Å². The Morgan fingerprint density at radius 3 is 2.23 bits per heavy atom. The SMILES string of the molecule is CCOC(=O)CN(Cc1ccccc1)C(=O)[C@@H](CC(=O)OC)NC(=O)OC(C)(C)C. The molecule has 0 bridgehead atoms. The van der Waals surface area contributed by atoms with Crippen LogP contribution in [0.5, 0.6) is 0 Å². The van der Waals surface area contributed by atoms with Gasteiger partial charge in [0.15, 0.2) is 0 Å². The highest BCUT2D eigenvalue weighted by molar-refractivity contribution is 5.91. The van der Waals surface area contributed by atoms with Crippen molar-refractivity contribution in [3.8, 4) is 0 Å². The molecule has 1 rings (SSSR count). The van der Waals surface area contributed by atoms with Gasteiger partial charge in [-0.1, -0.05) is 30.3 Å². The zero-order valence-corrected chi connectivity index (χ0v) is 18.1. The van der Waals surface area contributed by atoms with Gasteiger partial charge < -0.3 is 24.4 Å². The summed E-state index contributed by atoms with van der Waals surface area (Å²) in [6.07, 6.45) is -1.27. The Hall–Kier alpha value is -3.10.